The van der Waals surface area contributed by atoms with Gasteiger partial charge in [-0.25, -0.2) is 4.98 Å². The molecular formula is C15H22N4S. The molecule has 0 amide bonds. The highest BCUT2D eigenvalue weighted by Crippen LogP contribution is 2.35. The van der Waals surface area contributed by atoms with Crippen LogP contribution in [0.5, 0.6) is 0 Å². The first-order valence-corrected chi connectivity index (χ1v) is 8.27. The molecule has 1 fully saturated rings. The number of aryl methyl sites for hydroxylation is 1. The van der Waals surface area contributed by atoms with E-state index < -0.39 is 0 Å². The van der Waals surface area contributed by atoms with Crippen molar-refractivity contribution in [2.45, 2.75) is 45.6 Å². The Morgan fingerprint density at radius 2 is 2.10 bits per heavy atom. The summed E-state index contributed by atoms with van der Waals surface area (Å²) in [6.45, 7) is 5.38. The summed E-state index contributed by atoms with van der Waals surface area (Å²) < 4.78 is 0. The second-order valence-electron chi connectivity index (χ2n) is 5.42. The van der Waals surface area contributed by atoms with E-state index in [1.165, 1.54) is 35.9 Å². The maximum atomic E-state index is 4.76. The Kier molecular flexibility index (Phi) is 3.78. The predicted molar refractivity (Wildman–Crippen MR) is 87.0 cm³/mol. The first kappa shape index (κ1) is 13.6. The third kappa shape index (κ3) is 2.35. The van der Waals surface area contributed by atoms with Crippen molar-refractivity contribution in [1.29, 1.82) is 0 Å². The van der Waals surface area contributed by atoms with Crippen molar-refractivity contribution in [3.8, 4) is 0 Å². The first-order valence-electron chi connectivity index (χ1n) is 7.45. The quantitative estimate of drug-likeness (QED) is 0.929. The molecule has 0 spiro atoms. The lowest BCUT2D eigenvalue weighted by Gasteiger charge is -2.29. The van der Waals surface area contributed by atoms with Crippen LogP contribution in [0, 0.1) is 6.92 Å². The number of nitrogens with zero attached hydrogens (tertiary/aromatic N) is 3. The van der Waals surface area contributed by atoms with E-state index in [0.29, 0.717) is 6.04 Å². The van der Waals surface area contributed by atoms with E-state index in [2.05, 4.69) is 35.1 Å². The van der Waals surface area contributed by atoms with E-state index >= 15 is 0 Å². The number of fused-ring (bicyclic) bond motifs is 1. The van der Waals surface area contributed by atoms with E-state index in [4.69, 9.17) is 4.98 Å². The summed E-state index contributed by atoms with van der Waals surface area (Å²) in [5.41, 5.74) is 0. The molecule has 4 nitrogen and oxygen atoms in total. The summed E-state index contributed by atoms with van der Waals surface area (Å²) in [6.07, 6.45) is 5.27. The highest BCUT2D eigenvalue weighted by molar-refractivity contribution is 7.18. The molecule has 2 heterocycles. The average molecular weight is 290 g/mol. The number of anilines is 2. The molecule has 1 saturated carbocycles. The molecule has 1 aliphatic rings. The minimum atomic E-state index is 0.642. The van der Waals surface area contributed by atoms with Gasteiger partial charge in [-0.1, -0.05) is 12.8 Å². The second kappa shape index (κ2) is 5.56. The molecule has 0 atom stereocenters. The van der Waals surface area contributed by atoms with Gasteiger partial charge in [-0.3, -0.25) is 0 Å². The van der Waals surface area contributed by atoms with Crippen LogP contribution in [0.4, 0.5) is 11.8 Å². The summed E-state index contributed by atoms with van der Waals surface area (Å²) in [7, 11) is 1.89. The van der Waals surface area contributed by atoms with Crippen molar-refractivity contribution < 1.29 is 0 Å². The number of aromatic nitrogens is 2. The minimum absolute atomic E-state index is 0.642. The molecule has 0 aliphatic heterocycles. The van der Waals surface area contributed by atoms with Crippen LogP contribution in [0.25, 0.3) is 10.2 Å². The summed E-state index contributed by atoms with van der Waals surface area (Å²) in [5, 5.41) is 4.30. The summed E-state index contributed by atoms with van der Waals surface area (Å²) in [4.78, 5) is 14.2. The Morgan fingerprint density at radius 1 is 1.35 bits per heavy atom. The average Bonchev–Trinajstić information content (AvgIpc) is 3.07. The maximum Gasteiger partial charge on any atom is 0.225 e. The summed E-state index contributed by atoms with van der Waals surface area (Å²) >= 11 is 1.75. The van der Waals surface area contributed by atoms with Crippen LogP contribution in [-0.4, -0.2) is 29.6 Å². The summed E-state index contributed by atoms with van der Waals surface area (Å²) in [6, 6.07) is 2.87. The zero-order valence-electron chi connectivity index (χ0n) is 12.4. The largest absolute Gasteiger partial charge is 0.357 e. The Bertz CT molecular complexity index is 601. The first-order chi connectivity index (χ1) is 9.72. The molecule has 2 aromatic heterocycles. The van der Waals surface area contributed by atoms with Crippen LogP contribution in [0.3, 0.4) is 0 Å². The standard InChI is InChI=1S/C15H22N4S/c1-4-19(11-7-5-6-8-11)13-12-9-10(2)20-14(12)18-15(16-3)17-13/h9,11H,4-8H2,1-3H3,(H,16,17,18). The van der Waals surface area contributed by atoms with Gasteiger partial charge in [0.15, 0.2) is 0 Å². The molecule has 1 N–H and O–H groups in total. The maximum absolute atomic E-state index is 4.76. The number of rotatable bonds is 4. The monoisotopic (exact) mass is 290 g/mol. The van der Waals surface area contributed by atoms with Crippen LogP contribution in [-0.2, 0) is 0 Å². The van der Waals surface area contributed by atoms with E-state index in [1.807, 2.05) is 7.05 Å². The van der Waals surface area contributed by atoms with Crippen molar-refractivity contribution in [3.63, 3.8) is 0 Å². The fourth-order valence-electron chi connectivity index (χ4n) is 3.15. The van der Waals surface area contributed by atoms with Gasteiger partial charge in [-0.15, -0.1) is 11.3 Å². The molecule has 0 saturated heterocycles. The number of nitrogens with one attached hydrogen (secondary N) is 1. The van der Waals surface area contributed by atoms with E-state index in [9.17, 15) is 0 Å². The van der Waals surface area contributed by atoms with Gasteiger partial charge in [0.05, 0.1) is 5.39 Å². The summed E-state index contributed by atoms with van der Waals surface area (Å²) in [5.74, 6) is 1.84. The van der Waals surface area contributed by atoms with Crippen LogP contribution in [0.1, 0.15) is 37.5 Å². The van der Waals surface area contributed by atoms with E-state index in [0.717, 1.165) is 23.1 Å². The number of hydrogen-bond donors (Lipinski definition) is 1. The molecule has 108 valence electrons. The highest BCUT2D eigenvalue weighted by atomic mass is 32.1. The number of hydrogen-bond acceptors (Lipinski definition) is 5. The fraction of sp³-hybridized carbons (Fsp3) is 0.600. The second-order valence-corrected chi connectivity index (χ2v) is 6.66. The van der Waals surface area contributed by atoms with Gasteiger partial charge in [0.25, 0.3) is 0 Å². The van der Waals surface area contributed by atoms with Crippen LogP contribution in [0.15, 0.2) is 6.07 Å². The molecule has 0 aromatic carbocycles. The molecule has 0 bridgehead atoms. The van der Waals surface area contributed by atoms with Crippen molar-refractivity contribution >= 4 is 33.3 Å². The van der Waals surface area contributed by atoms with Gasteiger partial charge in [0.2, 0.25) is 5.95 Å². The Labute approximate surface area is 124 Å². The van der Waals surface area contributed by atoms with Gasteiger partial charge in [0, 0.05) is 24.5 Å². The molecule has 0 unspecified atom stereocenters. The lowest BCUT2D eigenvalue weighted by molar-refractivity contribution is 0.615. The molecule has 20 heavy (non-hydrogen) atoms. The smallest absolute Gasteiger partial charge is 0.225 e. The Hall–Kier alpha value is -1.36. The van der Waals surface area contributed by atoms with Gasteiger partial charge >= 0.3 is 0 Å². The zero-order chi connectivity index (χ0) is 14.1. The van der Waals surface area contributed by atoms with Gasteiger partial charge in [-0.2, -0.15) is 4.98 Å². The van der Waals surface area contributed by atoms with E-state index in [1.54, 1.807) is 11.3 Å². The molecule has 2 aromatic rings. The zero-order valence-corrected chi connectivity index (χ0v) is 13.3. The Morgan fingerprint density at radius 3 is 2.75 bits per heavy atom. The topological polar surface area (TPSA) is 41.1 Å². The SMILES string of the molecule is CCN(c1nc(NC)nc2sc(C)cc12)C1CCCC1. The van der Waals surface area contributed by atoms with Crippen LogP contribution < -0.4 is 10.2 Å². The van der Waals surface area contributed by atoms with Crippen LogP contribution in [0.2, 0.25) is 0 Å². The lowest BCUT2D eigenvalue weighted by Crippen LogP contribution is -2.34. The normalized spacial score (nSPS) is 15.9. The molecule has 1 aliphatic carbocycles. The molecule has 5 heteroatoms. The minimum Gasteiger partial charge on any atom is -0.357 e. The highest BCUT2D eigenvalue weighted by Gasteiger charge is 2.25. The Balaban J connectivity index is 2.11. The molecule has 3 rings (SSSR count). The third-order valence-electron chi connectivity index (χ3n) is 4.10. The predicted octanol–water partition coefficient (Wildman–Crippen LogP) is 3.81. The third-order valence-corrected chi connectivity index (χ3v) is 5.04. The van der Waals surface area contributed by atoms with E-state index in [-0.39, 0.29) is 0 Å². The van der Waals surface area contributed by atoms with Gasteiger partial charge < -0.3 is 10.2 Å². The van der Waals surface area contributed by atoms with Crippen molar-refractivity contribution in [1.82, 2.24) is 9.97 Å². The van der Waals surface area contributed by atoms with Crippen molar-refractivity contribution in [2.75, 3.05) is 23.8 Å². The molecule has 0 radical (unpaired) electrons. The number of thiophene rings is 1. The van der Waals surface area contributed by atoms with Crippen LogP contribution >= 0.6 is 11.3 Å². The fourth-order valence-corrected chi connectivity index (χ4v) is 4.03. The van der Waals surface area contributed by atoms with Gasteiger partial charge in [-0.05, 0) is 32.8 Å². The van der Waals surface area contributed by atoms with Crippen molar-refractivity contribution in [3.05, 3.63) is 10.9 Å². The lowest BCUT2D eigenvalue weighted by atomic mass is 10.2. The molecular weight excluding hydrogens is 268 g/mol. The van der Waals surface area contributed by atoms with Gasteiger partial charge in [0.1, 0.15) is 10.6 Å². The van der Waals surface area contributed by atoms with Crippen molar-refractivity contribution in [2.24, 2.45) is 0 Å².